The number of aryl methyl sites for hydroxylation is 1. The van der Waals surface area contributed by atoms with Crippen molar-refractivity contribution in [2.75, 3.05) is 0 Å². The van der Waals surface area contributed by atoms with E-state index in [-0.39, 0.29) is 10.8 Å². The summed E-state index contributed by atoms with van der Waals surface area (Å²) in [5, 5.41) is 0. The van der Waals surface area contributed by atoms with Crippen molar-refractivity contribution in [3.63, 3.8) is 0 Å². The summed E-state index contributed by atoms with van der Waals surface area (Å²) in [5.41, 5.74) is 10.2. The molecule has 0 amide bonds. The molecule has 3 rings (SSSR count). The van der Waals surface area contributed by atoms with Crippen LogP contribution in [0.3, 0.4) is 0 Å². The average Bonchev–Trinajstić information content (AvgIpc) is 2.75. The lowest BCUT2D eigenvalue weighted by Gasteiger charge is -2.22. The molecule has 1 radical (unpaired) electrons. The molecule has 0 fully saturated rings. The van der Waals surface area contributed by atoms with E-state index in [2.05, 4.69) is 85.2 Å². The predicted octanol–water partition coefficient (Wildman–Crippen LogP) is 6.17. The smallest absolute Gasteiger partial charge is 0.0214 e. The van der Waals surface area contributed by atoms with Crippen molar-refractivity contribution < 1.29 is 0 Å². The molecule has 0 unspecified atom stereocenters. The number of hydrogen-bond acceptors (Lipinski definition) is 0. The van der Waals surface area contributed by atoms with Gasteiger partial charge >= 0.3 is 0 Å². The van der Waals surface area contributed by atoms with E-state index in [1.807, 2.05) is 0 Å². The van der Waals surface area contributed by atoms with E-state index in [9.17, 15) is 0 Å². The average molecular weight is 291 g/mol. The van der Waals surface area contributed by atoms with E-state index in [4.69, 9.17) is 0 Å². The molecule has 0 heteroatoms. The zero-order chi connectivity index (χ0) is 16.3. The molecular weight excluding hydrogens is 264 g/mol. The van der Waals surface area contributed by atoms with Crippen LogP contribution in [0.5, 0.6) is 0 Å². The van der Waals surface area contributed by atoms with Crippen molar-refractivity contribution in [3.05, 3.63) is 64.6 Å². The maximum atomic E-state index is 2.40. The summed E-state index contributed by atoms with van der Waals surface area (Å²) in [6.07, 6.45) is 2.35. The Hall–Kier alpha value is -1.56. The molecule has 0 N–H and O–H groups in total. The molecule has 0 aromatic heterocycles. The van der Waals surface area contributed by atoms with Gasteiger partial charge in [0.2, 0.25) is 0 Å². The molecule has 0 aliphatic heterocycles. The fraction of sp³-hybridized carbons (Fsp3) is 0.409. The number of fused-ring (bicyclic) bond motifs is 3. The van der Waals surface area contributed by atoms with E-state index in [1.165, 1.54) is 38.9 Å². The van der Waals surface area contributed by atoms with Gasteiger partial charge in [-0.15, -0.1) is 0 Å². The van der Waals surface area contributed by atoms with Gasteiger partial charge in [0.05, 0.1) is 0 Å². The number of benzene rings is 2. The topological polar surface area (TPSA) is 0 Å². The fourth-order valence-electron chi connectivity index (χ4n) is 3.18. The normalized spacial score (nSPS) is 14.0. The molecule has 22 heavy (non-hydrogen) atoms. The maximum Gasteiger partial charge on any atom is 0.0214 e. The van der Waals surface area contributed by atoms with E-state index >= 15 is 0 Å². The van der Waals surface area contributed by atoms with Gasteiger partial charge in [0, 0.05) is 6.42 Å². The standard InChI is InChI=1S/C22H27/c1-14-10-17(22(5,6)7)13-20-18(14)11-15-8-9-16(12-19(15)20)21(2,3)4/h8-13H,1-7H3. The summed E-state index contributed by atoms with van der Waals surface area (Å²) in [5.74, 6) is 0. The summed E-state index contributed by atoms with van der Waals surface area (Å²) in [4.78, 5) is 0. The van der Waals surface area contributed by atoms with Crippen LogP contribution in [-0.4, -0.2) is 0 Å². The minimum absolute atomic E-state index is 0.185. The monoisotopic (exact) mass is 291 g/mol. The Morgan fingerprint density at radius 2 is 1.27 bits per heavy atom. The van der Waals surface area contributed by atoms with Crippen molar-refractivity contribution in [1.29, 1.82) is 0 Å². The largest absolute Gasteiger partial charge is 0.0582 e. The highest BCUT2D eigenvalue weighted by Crippen LogP contribution is 2.43. The Morgan fingerprint density at radius 1 is 0.682 bits per heavy atom. The molecule has 1 aliphatic rings. The zero-order valence-electron chi connectivity index (χ0n) is 15.0. The van der Waals surface area contributed by atoms with Crippen LogP contribution in [0.4, 0.5) is 0 Å². The summed E-state index contributed by atoms with van der Waals surface area (Å²) < 4.78 is 0. The third kappa shape index (κ3) is 2.49. The highest BCUT2D eigenvalue weighted by Gasteiger charge is 2.25. The molecule has 0 heterocycles. The molecule has 2 aromatic carbocycles. The van der Waals surface area contributed by atoms with Crippen LogP contribution in [0, 0.1) is 13.3 Å². The first-order valence-corrected chi connectivity index (χ1v) is 8.22. The van der Waals surface area contributed by atoms with Gasteiger partial charge in [-0.2, -0.15) is 0 Å². The molecule has 2 aromatic rings. The Balaban J connectivity index is 2.21. The van der Waals surface area contributed by atoms with Crippen LogP contribution < -0.4 is 0 Å². The SMILES string of the molecule is Cc1cc(C(C)(C)C)cc2c1[CH]c1ccc(C(C)(C)C)cc1-2. The molecular formula is C22H27. The van der Waals surface area contributed by atoms with Crippen LogP contribution in [0.15, 0.2) is 30.3 Å². The quantitative estimate of drug-likeness (QED) is 0.464. The van der Waals surface area contributed by atoms with E-state index in [0.717, 1.165) is 0 Å². The summed E-state index contributed by atoms with van der Waals surface area (Å²) in [7, 11) is 0. The first-order chi connectivity index (χ1) is 10.1. The van der Waals surface area contributed by atoms with Gasteiger partial charge in [-0.1, -0.05) is 71.9 Å². The molecule has 0 atom stereocenters. The Bertz CT molecular complexity index is 734. The molecule has 0 bridgehead atoms. The van der Waals surface area contributed by atoms with Crippen molar-refractivity contribution in [3.8, 4) is 11.1 Å². The Labute approximate surface area is 135 Å². The van der Waals surface area contributed by atoms with Gasteiger partial charge in [-0.25, -0.2) is 0 Å². The van der Waals surface area contributed by atoms with Crippen LogP contribution in [0.25, 0.3) is 11.1 Å². The van der Waals surface area contributed by atoms with Gasteiger partial charge in [0.1, 0.15) is 0 Å². The van der Waals surface area contributed by atoms with Crippen LogP contribution in [-0.2, 0) is 10.8 Å². The molecule has 115 valence electrons. The van der Waals surface area contributed by atoms with Crippen molar-refractivity contribution >= 4 is 0 Å². The lowest BCUT2D eigenvalue weighted by molar-refractivity contribution is 0.589. The second kappa shape index (κ2) is 4.72. The zero-order valence-corrected chi connectivity index (χ0v) is 15.0. The first kappa shape index (κ1) is 15.3. The van der Waals surface area contributed by atoms with Crippen molar-refractivity contribution in [2.24, 2.45) is 0 Å². The van der Waals surface area contributed by atoms with Crippen molar-refractivity contribution in [2.45, 2.75) is 59.3 Å². The predicted molar refractivity (Wildman–Crippen MR) is 96.5 cm³/mol. The van der Waals surface area contributed by atoms with E-state index < -0.39 is 0 Å². The Morgan fingerprint density at radius 3 is 1.86 bits per heavy atom. The van der Waals surface area contributed by atoms with E-state index in [0.29, 0.717) is 0 Å². The molecule has 0 spiro atoms. The van der Waals surface area contributed by atoms with Crippen LogP contribution in [0.1, 0.15) is 69.4 Å². The molecule has 0 saturated carbocycles. The van der Waals surface area contributed by atoms with E-state index in [1.54, 1.807) is 0 Å². The van der Waals surface area contributed by atoms with Crippen LogP contribution in [0.2, 0.25) is 0 Å². The second-order valence-corrected chi connectivity index (χ2v) is 8.70. The minimum atomic E-state index is 0.185. The lowest BCUT2D eigenvalue weighted by atomic mass is 9.82. The first-order valence-electron chi connectivity index (χ1n) is 8.22. The number of rotatable bonds is 0. The summed E-state index contributed by atoms with van der Waals surface area (Å²) in [6, 6.07) is 11.7. The number of hydrogen-bond donors (Lipinski definition) is 0. The Kier molecular flexibility index (Phi) is 3.29. The van der Waals surface area contributed by atoms with Gasteiger partial charge in [-0.3, -0.25) is 0 Å². The lowest BCUT2D eigenvalue weighted by Crippen LogP contribution is -2.12. The summed E-state index contributed by atoms with van der Waals surface area (Å²) in [6.45, 7) is 16.0. The highest BCUT2D eigenvalue weighted by molar-refractivity contribution is 5.83. The van der Waals surface area contributed by atoms with Gasteiger partial charge in [0.15, 0.2) is 0 Å². The maximum absolute atomic E-state index is 2.40. The summed E-state index contributed by atoms with van der Waals surface area (Å²) >= 11 is 0. The molecule has 0 saturated heterocycles. The van der Waals surface area contributed by atoms with Crippen molar-refractivity contribution in [1.82, 2.24) is 0 Å². The molecule has 1 aliphatic carbocycles. The van der Waals surface area contributed by atoms with Crippen LogP contribution >= 0.6 is 0 Å². The fourth-order valence-corrected chi connectivity index (χ4v) is 3.18. The van der Waals surface area contributed by atoms with Gasteiger partial charge in [-0.05, 0) is 56.7 Å². The second-order valence-electron chi connectivity index (χ2n) is 8.70. The molecule has 0 nitrogen and oxygen atoms in total. The highest BCUT2D eigenvalue weighted by atomic mass is 14.3. The van der Waals surface area contributed by atoms with Gasteiger partial charge in [0.25, 0.3) is 0 Å². The minimum Gasteiger partial charge on any atom is -0.0582 e. The van der Waals surface area contributed by atoms with Gasteiger partial charge < -0.3 is 0 Å². The third-order valence-corrected chi connectivity index (χ3v) is 4.76. The third-order valence-electron chi connectivity index (χ3n) is 4.76.